The highest BCUT2D eigenvalue weighted by Gasteiger charge is 2.30. The Morgan fingerprint density at radius 2 is 2.00 bits per heavy atom. The van der Waals surface area contributed by atoms with Crippen LogP contribution in [0.3, 0.4) is 0 Å². The molecule has 1 atom stereocenters. The second-order valence-corrected chi connectivity index (χ2v) is 6.91. The molecule has 0 spiro atoms. The molecule has 138 valence electrons. The second kappa shape index (κ2) is 7.61. The SMILES string of the molecule is Cc1cccc(NC(=O)N2CCCCC2c2nc(-c3ccccc3)n[nH]2)c1. The van der Waals surface area contributed by atoms with Crippen molar-refractivity contribution in [2.24, 2.45) is 0 Å². The van der Waals surface area contributed by atoms with E-state index in [1.54, 1.807) is 0 Å². The Kier molecular flexibility index (Phi) is 4.87. The fourth-order valence-electron chi connectivity index (χ4n) is 3.52. The fourth-order valence-corrected chi connectivity index (χ4v) is 3.52. The van der Waals surface area contributed by atoms with Gasteiger partial charge in [-0.3, -0.25) is 5.10 Å². The number of piperidine rings is 1. The van der Waals surface area contributed by atoms with Crippen molar-refractivity contribution in [1.82, 2.24) is 20.1 Å². The minimum atomic E-state index is -0.0945. The molecule has 0 aliphatic carbocycles. The number of amides is 2. The van der Waals surface area contributed by atoms with Crippen molar-refractivity contribution < 1.29 is 4.79 Å². The highest BCUT2D eigenvalue weighted by Crippen LogP contribution is 2.30. The number of rotatable bonds is 3. The lowest BCUT2D eigenvalue weighted by Crippen LogP contribution is -2.41. The third-order valence-electron chi connectivity index (χ3n) is 4.88. The molecule has 1 aliphatic heterocycles. The molecule has 3 aromatic rings. The molecule has 1 unspecified atom stereocenters. The molecule has 2 heterocycles. The zero-order valence-corrected chi connectivity index (χ0v) is 15.4. The fraction of sp³-hybridized carbons (Fsp3) is 0.286. The number of H-pyrrole nitrogens is 1. The van der Waals surface area contributed by atoms with Crippen LogP contribution < -0.4 is 5.32 Å². The number of nitrogens with zero attached hydrogens (tertiary/aromatic N) is 3. The molecule has 0 saturated carbocycles. The topological polar surface area (TPSA) is 73.9 Å². The van der Waals surface area contributed by atoms with Crippen LogP contribution in [0.4, 0.5) is 10.5 Å². The van der Waals surface area contributed by atoms with Gasteiger partial charge < -0.3 is 10.2 Å². The Morgan fingerprint density at radius 1 is 1.15 bits per heavy atom. The largest absolute Gasteiger partial charge is 0.322 e. The average molecular weight is 361 g/mol. The maximum Gasteiger partial charge on any atom is 0.322 e. The highest BCUT2D eigenvalue weighted by molar-refractivity contribution is 5.89. The lowest BCUT2D eigenvalue weighted by molar-refractivity contribution is 0.159. The number of anilines is 1. The maximum atomic E-state index is 12.9. The molecule has 1 aliphatic rings. The summed E-state index contributed by atoms with van der Waals surface area (Å²) in [6.45, 7) is 2.72. The van der Waals surface area contributed by atoms with Crippen molar-refractivity contribution in [2.75, 3.05) is 11.9 Å². The molecular formula is C21H23N5O. The maximum absolute atomic E-state index is 12.9. The van der Waals surface area contributed by atoms with Crippen LogP contribution in [0.2, 0.25) is 0 Å². The zero-order valence-electron chi connectivity index (χ0n) is 15.4. The number of aromatic amines is 1. The van der Waals surface area contributed by atoms with Gasteiger partial charge in [-0.2, -0.15) is 5.10 Å². The number of urea groups is 1. The normalized spacial score (nSPS) is 16.9. The van der Waals surface area contributed by atoms with E-state index in [4.69, 9.17) is 0 Å². The van der Waals surface area contributed by atoms with Gasteiger partial charge in [0.1, 0.15) is 5.82 Å². The Balaban J connectivity index is 1.54. The van der Waals surface area contributed by atoms with Crippen LogP contribution in [0.5, 0.6) is 0 Å². The third-order valence-corrected chi connectivity index (χ3v) is 4.88. The van der Waals surface area contributed by atoms with Gasteiger partial charge in [0, 0.05) is 17.8 Å². The molecule has 6 nitrogen and oxygen atoms in total. The number of aryl methyl sites for hydroxylation is 1. The quantitative estimate of drug-likeness (QED) is 0.719. The van der Waals surface area contributed by atoms with Gasteiger partial charge in [-0.05, 0) is 43.9 Å². The summed E-state index contributed by atoms with van der Waals surface area (Å²) in [6, 6.07) is 17.5. The zero-order chi connectivity index (χ0) is 18.6. The van der Waals surface area contributed by atoms with Gasteiger partial charge in [0.2, 0.25) is 0 Å². The van der Waals surface area contributed by atoms with Gasteiger partial charge in [0.15, 0.2) is 5.82 Å². The van der Waals surface area contributed by atoms with E-state index in [0.717, 1.165) is 41.9 Å². The van der Waals surface area contributed by atoms with Crippen molar-refractivity contribution in [3.63, 3.8) is 0 Å². The van der Waals surface area contributed by atoms with E-state index >= 15 is 0 Å². The van der Waals surface area contributed by atoms with E-state index < -0.39 is 0 Å². The molecule has 0 radical (unpaired) electrons. The summed E-state index contributed by atoms with van der Waals surface area (Å²) >= 11 is 0. The molecule has 2 aromatic carbocycles. The van der Waals surface area contributed by atoms with Gasteiger partial charge in [-0.25, -0.2) is 9.78 Å². The first-order valence-corrected chi connectivity index (χ1v) is 9.33. The number of benzene rings is 2. The lowest BCUT2D eigenvalue weighted by atomic mass is 10.0. The van der Waals surface area contributed by atoms with Crippen LogP contribution in [-0.4, -0.2) is 32.7 Å². The molecule has 2 N–H and O–H groups in total. The van der Waals surface area contributed by atoms with E-state index in [-0.39, 0.29) is 12.1 Å². The molecule has 1 fully saturated rings. The number of hydrogen-bond donors (Lipinski definition) is 2. The molecule has 27 heavy (non-hydrogen) atoms. The Labute approximate surface area is 158 Å². The Hall–Kier alpha value is -3.15. The Morgan fingerprint density at radius 3 is 2.81 bits per heavy atom. The minimum Gasteiger partial charge on any atom is -0.314 e. The minimum absolute atomic E-state index is 0.0893. The Bertz CT molecular complexity index is 921. The van der Waals surface area contributed by atoms with Gasteiger partial charge >= 0.3 is 6.03 Å². The molecule has 0 bridgehead atoms. The van der Waals surface area contributed by atoms with Crippen molar-refractivity contribution in [3.05, 3.63) is 66.0 Å². The predicted molar refractivity (Wildman–Crippen MR) is 105 cm³/mol. The smallest absolute Gasteiger partial charge is 0.314 e. The van der Waals surface area contributed by atoms with Crippen LogP contribution in [0, 0.1) is 6.92 Å². The number of carbonyl (C=O) groups excluding carboxylic acids is 1. The highest BCUT2D eigenvalue weighted by atomic mass is 16.2. The summed E-state index contributed by atoms with van der Waals surface area (Å²) in [7, 11) is 0. The molecular weight excluding hydrogens is 338 g/mol. The molecule has 2 amide bonds. The van der Waals surface area contributed by atoms with Gasteiger partial charge in [0.05, 0.1) is 6.04 Å². The summed E-state index contributed by atoms with van der Waals surface area (Å²) in [6.07, 6.45) is 2.95. The van der Waals surface area contributed by atoms with E-state index in [1.165, 1.54) is 0 Å². The molecule has 1 saturated heterocycles. The average Bonchev–Trinajstić information content (AvgIpc) is 3.19. The first-order chi connectivity index (χ1) is 13.2. The van der Waals surface area contributed by atoms with Crippen LogP contribution in [0.15, 0.2) is 54.6 Å². The van der Waals surface area contributed by atoms with E-state index in [2.05, 4.69) is 20.5 Å². The van der Waals surface area contributed by atoms with Crippen LogP contribution in [-0.2, 0) is 0 Å². The molecule has 6 heteroatoms. The standard InChI is InChI=1S/C21H23N5O/c1-15-8-7-11-17(14-15)22-21(27)26-13-6-5-12-18(26)20-23-19(24-25-20)16-9-3-2-4-10-16/h2-4,7-11,14,18H,5-6,12-13H2,1H3,(H,22,27)(H,23,24,25). The van der Waals surface area contributed by atoms with Crippen molar-refractivity contribution in [2.45, 2.75) is 32.2 Å². The van der Waals surface area contributed by atoms with E-state index in [9.17, 15) is 4.79 Å². The molecule has 4 rings (SSSR count). The summed E-state index contributed by atoms with van der Waals surface area (Å²) in [5, 5.41) is 10.4. The number of aromatic nitrogens is 3. The van der Waals surface area contributed by atoms with E-state index in [1.807, 2.05) is 66.4 Å². The second-order valence-electron chi connectivity index (χ2n) is 6.91. The van der Waals surface area contributed by atoms with Crippen molar-refractivity contribution in [3.8, 4) is 11.4 Å². The van der Waals surface area contributed by atoms with Crippen molar-refractivity contribution in [1.29, 1.82) is 0 Å². The summed E-state index contributed by atoms with van der Waals surface area (Å²) in [4.78, 5) is 19.4. The molecule has 1 aromatic heterocycles. The summed E-state index contributed by atoms with van der Waals surface area (Å²) < 4.78 is 0. The summed E-state index contributed by atoms with van der Waals surface area (Å²) in [5.41, 5.74) is 2.89. The number of carbonyl (C=O) groups is 1. The van der Waals surface area contributed by atoms with E-state index in [0.29, 0.717) is 12.4 Å². The predicted octanol–water partition coefficient (Wildman–Crippen LogP) is 4.54. The first-order valence-electron chi connectivity index (χ1n) is 9.33. The van der Waals surface area contributed by atoms with Gasteiger partial charge in [-0.15, -0.1) is 0 Å². The monoisotopic (exact) mass is 361 g/mol. The number of likely N-dealkylation sites (tertiary alicyclic amines) is 1. The van der Waals surface area contributed by atoms with Crippen molar-refractivity contribution >= 4 is 11.7 Å². The van der Waals surface area contributed by atoms with Crippen LogP contribution in [0.1, 0.15) is 36.7 Å². The lowest BCUT2D eigenvalue weighted by Gasteiger charge is -2.34. The number of hydrogen-bond acceptors (Lipinski definition) is 3. The van der Waals surface area contributed by atoms with Gasteiger partial charge in [0.25, 0.3) is 0 Å². The van der Waals surface area contributed by atoms with Gasteiger partial charge in [-0.1, -0.05) is 42.5 Å². The van der Waals surface area contributed by atoms with Crippen LogP contribution in [0.25, 0.3) is 11.4 Å². The first kappa shape index (κ1) is 17.3. The third kappa shape index (κ3) is 3.84. The number of nitrogens with one attached hydrogen (secondary N) is 2. The summed E-state index contributed by atoms with van der Waals surface area (Å²) in [5.74, 6) is 1.41. The van der Waals surface area contributed by atoms with Crippen LogP contribution >= 0.6 is 0 Å².